The van der Waals surface area contributed by atoms with E-state index in [1.165, 1.54) is 19.1 Å². The molecule has 1 fully saturated rings. The van der Waals surface area contributed by atoms with E-state index in [0.717, 1.165) is 12.8 Å². The fraction of sp³-hybridized carbons (Fsp3) is 0.783. The maximum atomic E-state index is 13.6. The van der Waals surface area contributed by atoms with Crippen LogP contribution in [-0.4, -0.2) is 79.1 Å². The Balaban J connectivity index is 3.20. The number of likely N-dealkylation sites (tertiary alicyclic amines) is 1. The number of ether oxygens (including phenoxy) is 3. The van der Waals surface area contributed by atoms with Crippen molar-refractivity contribution in [2.45, 2.75) is 77.2 Å². The van der Waals surface area contributed by atoms with Gasteiger partial charge in [-0.05, 0) is 46.0 Å². The van der Waals surface area contributed by atoms with Crippen LogP contribution >= 0.6 is 0 Å². The van der Waals surface area contributed by atoms with Gasteiger partial charge in [-0.2, -0.15) is 0 Å². The third-order valence-corrected chi connectivity index (χ3v) is 5.39. The molecule has 1 rings (SSSR count). The Kier molecular flexibility index (Phi) is 11.2. The van der Waals surface area contributed by atoms with Crippen LogP contribution in [0.4, 0.5) is 4.79 Å². The number of aliphatic hydroxyl groups excluding tert-OH is 1. The zero-order valence-electron chi connectivity index (χ0n) is 20.3. The minimum atomic E-state index is -0.992. The minimum Gasteiger partial charge on any atom is -0.467 e. The van der Waals surface area contributed by atoms with Gasteiger partial charge in [0.1, 0.15) is 17.7 Å². The summed E-state index contributed by atoms with van der Waals surface area (Å²) in [7, 11) is 2.77. The smallest absolute Gasteiger partial charge is 0.408 e. The van der Waals surface area contributed by atoms with Gasteiger partial charge in [-0.25, -0.2) is 9.59 Å². The van der Waals surface area contributed by atoms with Crippen LogP contribution in [0.1, 0.15) is 53.4 Å². The van der Waals surface area contributed by atoms with Crippen molar-refractivity contribution in [2.24, 2.45) is 11.8 Å². The first-order valence-electron chi connectivity index (χ1n) is 11.1. The predicted molar refractivity (Wildman–Crippen MR) is 120 cm³/mol. The third kappa shape index (κ3) is 8.78. The maximum absolute atomic E-state index is 13.6. The Hall–Kier alpha value is -2.13. The molecule has 9 nitrogen and oxygen atoms in total. The summed E-state index contributed by atoms with van der Waals surface area (Å²) in [5, 5.41) is 12.8. The van der Waals surface area contributed by atoms with Gasteiger partial charge in [0.05, 0.1) is 19.8 Å². The van der Waals surface area contributed by atoms with Crippen molar-refractivity contribution in [3.8, 4) is 0 Å². The lowest BCUT2D eigenvalue weighted by Crippen LogP contribution is -2.56. The number of β-amino-alcohol motifs (C(OH)–C–C–N with tert-alkyl or cyclic N) is 1. The van der Waals surface area contributed by atoms with Crippen molar-refractivity contribution in [3.63, 3.8) is 0 Å². The molecule has 0 aromatic heterocycles. The molecule has 2 N–H and O–H groups in total. The van der Waals surface area contributed by atoms with E-state index in [-0.39, 0.29) is 31.4 Å². The normalized spacial score (nSPS) is 21.4. The minimum absolute atomic E-state index is 0.0170. The molecule has 1 saturated heterocycles. The molecule has 0 saturated carbocycles. The average Bonchev–Trinajstić information content (AvgIpc) is 3.09. The van der Waals surface area contributed by atoms with Crippen LogP contribution in [0.3, 0.4) is 0 Å². The van der Waals surface area contributed by atoms with Crippen LogP contribution < -0.4 is 5.32 Å². The number of hydrogen-bond acceptors (Lipinski definition) is 7. The van der Waals surface area contributed by atoms with E-state index >= 15 is 0 Å². The molecule has 5 atom stereocenters. The second-order valence-electron chi connectivity index (χ2n) is 9.47. The van der Waals surface area contributed by atoms with Crippen LogP contribution in [0.15, 0.2) is 12.7 Å². The van der Waals surface area contributed by atoms with Gasteiger partial charge in [-0.3, -0.25) is 4.79 Å². The van der Waals surface area contributed by atoms with E-state index in [1.54, 1.807) is 20.8 Å². The molecule has 0 spiro atoms. The average molecular weight is 457 g/mol. The number of nitrogens with zero attached hydrogens (tertiary/aromatic N) is 1. The maximum Gasteiger partial charge on any atom is 0.408 e. The van der Waals surface area contributed by atoms with Crippen molar-refractivity contribution >= 4 is 18.0 Å². The Labute approximate surface area is 191 Å². The molecule has 2 amide bonds. The van der Waals surface area contributed by atoms with Crippen LogP contribution in [0.5, 0.6) is 0 Å². The molecule has 3 unspecified atom stereocenters. The summed E-state index contributed by atoms with van der Waals surface area (Å²) in [5.74, 6) is -1.20. The number of aliphatic hydroxyl groups is 1. The Bertz CT molecular complexity index is 647. The number of rotatable bonds is 11. The molecule has 0 radical (unpaired) electrons. The van der Waals surface area contributed by atoms with E-state index in [9.17, 15) is 19.5 Å². The summed E-state index contributed by atoms with van der Waals surface area (Å²) < 4.78 is 15.6. The molecule has 1 aliphatic rings. The molecular weight excluding hydrogens is 416 g/mol. The number of alkyl carbamates (subject to hydrolysis) is 1. The monoisotopic (exact) mass is 456 g/mol. The van der Waals surface area contributed by atoms with Crippen molar-refractivity contribution < 1.29 is 33.7 Å². The number of amides is 2. The summed E-state index contributed by atoms with van der Waals surface area (Å²) in [4.78, 5) is 39.7. The van der Waals surface area contributed by atoms with E-state index < -0.39 is 41.8 Å². The van der Waals surface area contributed by atoms with Crippen LogP contribution in [0, 0.1) is 11.8 Å². The van der Waals surface area contributed by atoms with E-state index in [4.69, 9.17) is 14.2 Å². The number of allylic oxidation sites excluding steroid dienone is 1. The first-order valence-corrected chi connectivity index (χ1v) is 11.1. The van der Waals surface area contributed by atoms with Gasteiger partial charge in [0.25, 0.3) is 0 Å². The van der Waals surface area contributed by atoms with Crippen LogP contribution in [-0.2, 0) is 23.8 Å². The van der Waals surface area contributed by atoms with Crippen molar-refractivity contribution in [2.75, 3.05) is 27.4 Å². The lowest BCUT2D eigenvalue weighted by molar-refractivity contribution is -0.152. The molecule has 1 heterocycles. The summed E-state index contributed by atoms with van der Waals surface area (Å²) in [5.41, 5.74) is -0.746. The summed E-state index contributed by atoms with van der Waals surface area (Å²) in [6, 6.07) is -1.90. The number of esters is 1. The van der Waals surface area contributed by atoms with Gasteiger partial charge in [0, 0.05) is 26.0 Å². The molecule has 0 aromatic carbocycles. The Morgan fingerprint density at radius 2 is 1.94 bits per heavy atom. The van der Waals surface area contributed by atoms with E-state index in [1.807, 2.05) is 6.08 Å². The quantitative estimate of drug-likeness (QED) is 0.362. The second kappa shape index (κ2) is 12.8. The Morgan fingerprint density at radius 3 is 2.47 bits per heavy atom. The standard InChI is InChI=1S/C23H40N2O7/c1-8-9-10-15(2)11-16(14-30-6)19(24-22(29)32-23(3,4)5)20(27)25-13-17(26)12-18(25)21(28)31-7/h8,15-19,26H,1,9-14H2,2-7H3,(H,24,29)/t15?,16-,17?,18?,19-/m0/s1. The molecule has 184 valence electrons. The van der Waals surface area contributed by atoms with Gasteiger partial charge < -0.3 is 29.5 Å². The predicted octanol–water partition coefficient (Wildman–Crippen LogP) is 2.27. The van der Waals surface area contributed by atoms with Gasteiger partial charge >= 0.3 is 12.1 Å². The number of hydrogen-bond donors (Lipinski definition) is 2. The highest BCUT2D eigenvalue weighted by atomic mass is 16.6. The molecule has 9 heteroatoms. The second-order valence-corrected chi connectivity index (χ2v) is 9.47. The van der Waals surface area contributed by atoms with Crippen molar-refractivity contribution in [1.29, 1.82) is 0 Å². The largest absolute Gasteiger partial charge is 0.467 e. The molecule has 1 aliphatic heterocycles. The summed E-state index contributed by atoms with van der Waals surface area (Å²) in [6.07, 6.45) is 2.67. The molecule has 0 aliphatic carbocycles. The lowest BCUT2D eigenvalue weighted by Gasteiger charge is -2.33. The summed E-state index contributed by atoms with van der Waals surface area (Å²) >= 11 is 0. The fourth-order valence-corrected chi connectivity index (χ4v) is 3.96. The van der Waals surface area contributed by atoms with Crippen molar-refractivity contribution in [3.05, 3.63) is 12.7 Å². The zero-order chi connectivity index (χ0) is 24.5. The summed E-state index contributed by atoms with van der Waals surface area (Å²) in [6.45, 7) is 11.2. The highest BCUT2D eigenvalue weighted by Gasteiger charge is 2.44. The van der Waals surface area contributed by atoms with Gasteiger partial charge in [-0.15, -0.1) is 6.58 Å². The van der Waals surface area contributed by atoms with Gasteiger partial charge in [0.15, 0.2) is 0 Å². The topological polar surface area (TPSA) is 114 Å². The van der Waals surface area contributed by atoms with E-state index in [2.05, 4.69) is 18.8 Å². The fourth-order valence-electron chi connectivity index (χ4n) is 3.96. The van der Waals surface area contributed by atoms with Crippen molar-refractivity contribution in [1.82, 2.24) is 10.2 Å². The highest BCUT2D eigenvalue weighted by Crippen LogP contribution is 2.26. The highest BCUT2D eigenvalue weighted by molar-refractivity contribution is 5.90. The third-order valence-electron chi connectivity index (χ3n) is 5.39. The molecule has 0 aromatic rings. The first kappa shape index (κ1) is 27.9. The molecule has 0 bridgehead atoms. The first-order chi connectivity index (χ1) is 14.9. The molecule has 32 heavy (non-hydrogen) atoms. The molecular formula is C23H40N2O7. The number of carbonyl (C=O) groups excluding carboxylic acids is 3. The van der Waals surface area contributed by atoms with E-state index in [0.29, 0.717) is 6.42 Å². The van der Waals surface area contributed by atoms with Crippen LogP contribution in [0.25, 0.3) is 0 Å². The number of nitrogens with one attached hydrogen (secondary N) is 1. The van der Waals surface area contributed by atoms with Crippen LogP contribution in [0.2, 0.25) is 0 Å². The van der Waals surface area contributed by atoms with Gasteiger partial charge in [-0.1, -0.05) is 13.0 Å². The number of methoxy groups -OCH3 is 2. The Morgan fingerprint density at radius 1 is 1.28 bits per heavy atom. The lowest BCUT2D eigenvalue weighted by atomic mass is 9.87. The zero-order valence-corrected chi connectivity index (χ0v) is 20.3. The SMILES string of the molecule is C=CCCC(C)C[C@@H](COC)[C@H](NC(=O)OC(C)(C)C)C(=O)N1CC(O)CC1C(=O)OC. The van der Waals surface area contributed by atoms with Gasteiger partial charge in [0.2, 0.25) is 5.91 Å². The number of carbonyl (C=O) groups is 3.